The third-order valence-electron chi connectivity index (χ3n) is 5.51. The second-order valence-corrected chi connectivity index (χ2v) is 7.34. The van der Waals surface area contributed by atoms with E-state index in [1.54, 1.807) is 0 Å². The van der Waals surface area contributed by atoms with Crippen molar-refractivity contribution in [1.29, 1.82) is 0 Å². The normalized spacial score (nSPS) is 11.5. The molecule has 0 saturated carbocycles. The van der Waals surface area contributed by atoms with Crippen molar-refractivity contribution < 1.29 is 0 Å². The van der Waals surface area contributed by atoms with E-state index in [0.717, 1.165) is 6.42 Å². The summed E-state index contributed by atoms with van der Waals surface area (Å²) in [6, 6.07) is 31.0. The summed E-state index contributed by atoms with van der Waals surface area (Å²) < 4.78 is 0. The molecule has 135 valence electrons. The lowest BCUT2D eigenvalue weighted by atomic mass is 9.82. The van der Waals surface area contributed by atoms with Gasteiger partial charge in [-0.05, 0) is 39.1 Å². The Morgan fingerprint density at radius 2 is 1.07 bits per heavy atom. The van der Waals surface area contributed by atoms with E-state index in [0.29, 0.717) is 0 Å². The van der Waals surface area contributed by atoms with Crippen molar-refractivity contribution in [3.05, 3.63) is 102 Å². The quantitative estimate of drug-likeness (QED) is 0.296. The SMILES string of the molecule is CCCCCC[C](c1cccc2ccccc12)c1cccc2ccccc12. The summed E-state index contributed by atoms with van der Waals surface area (Å²) >= 11 is 0. The van der Waals surface area contributed by atoms with Crippen molar-refractivity contribution >= 4 is 21.5 Å². The molecule has 4 aromatic rings. The molecule has 0 nitrogen and oxygen atoms in total. The Morgan fingerprint density at radius 1 is 0.556 bits per heavy atom. The van der Waals surface area contributed by atoms with E-state index in [-0.39, 0.29) is 0 Å². The maximum atomic E-state index is 2.30. The first-order chi connectivity index (χ1) is 13.4. The molecule has 0 heterocycles. The Hall–Kier alpha value is -2.60. The zero-order valence-electron chi connectivity index (χ0n) is 16.1. The van der Waals surface area contributed by atoms with Gasteiger partial charge in [0.25, 0.3) is 0 Å². The molecule has 0 bridgehead atoms. The van der Waals surface area contributed by atoms with E-state index in [1.807, 2.05) is 0 Å². The second-order valence-electron chi connectivity index (χ2n) is 7.34. The average Bonchev–Trinajstić information content (AvgIpc) is 2.73. The molecule has 1 radical (unpaired) electrons. The summed E-state index contributed by atoms with van der Waals surface area (Å²) in [6.07, 6.45) is 6.27. The molecule has 0 aromatic heterocycles. The van der Waals surface area contributed by atoms with Crippen molar-refractivity contribution in [2.75, 3.05) is 0 Å². The fourth-order valence-electron chi connectivity index (χ4n) is 4.12. The summed E-state index contributed by atoms with van der Waals surface area (Å²) in [7, 11) is 0. The molecule has 0 aliphatic heterocycles. The molecule has 4 aromatic carbocycles. The molecule has 0 unspecified atom stereocenters. The highest BCUT2D eigenvalue weighted by molar-refractivity contribution is 5.92. The molecule has 0 N–H and O–H groups in total. The molecule has 0 saturated heterocycles. The van der Waals surface area contributed by atoms with Crippen LogP contribution in [0.2, 0.25) is 0 Å². The van der Waals surface area contributed by atoms with Crippen LogP contribution in [0.3, 0.4) is 0 Å². The van der Waals surface area contributed by atoms with Gasteiger partial charge in [0, 0.05) is 5.92 Å². The Kier molecular flexibility index (Phi) is 5.53. The molecule has 0 amide bonds. The van der Waals surface area contributed by atoms with Crippen molar-refractivity contribution in [2.24, 2.45) is 0 Å². The van der Waals surface area contributed by atoms with Crippen LogP contribution in [0, 0.1) is 5.92 Å². The van der Waals surface area contributed by atoms with Crippen LogP contribution in [-0.4, -0.2) is 0 Å². The van der Waals surface area contributed by atoms with Gasteiger partial charge in [0.2, 0.25) is 0 Å². The number of hydrogen-bond acceptors (Lipinski definition) is 0. The lowest BCUT2D eigenvalue weighted by molar-refractivity contribution is 0.652. The van der Waals surface area contributed by atoms with E-state index < -0.39 is 0 Å². The number of unbranched alkanes of at least 4 members (excludes halogenated alkanes) is 3. The molecule has 0 aliphatic rings. The largest absolute Gasteiger partial charge is 0.0654 e. The van der Waals surface area contributed by atoms with Gasteiger partial charge in [-0.15, -0.1) is 0 Å². The Balaban J connectivity index is 1.83. The van der Waals surface area contributed by atoms with Gasteiger partial charge in [0.05, 0.1) is 0 Å². The van der Waals surface area contributed by atoms with Crippen LogP contribution < -0.4 is 0 Å². The van der Waals surface area contributed by atoms with Crippen LogP contribution in [0.25, 0.3) is 21.5 Å². The van der Waals surface area contributed by atoms with E-state index in [4.69, 9.17) is 0 Å². The first kappa shape index (κ1) is 17.8. The first-order valence-electron chi connectivity index (χ1n) is 10.2. The van der Waals surface area contributed by atoms with Gasteiger partial charge in [-0.2, -0.15) is 0 Å². The number of benzene rings is 4. The number of rotatable bonds is 7. The van der Waals surface area contributed by atoms with Gasteiger partial charge in [-0.25, -0.2) is 0 Å². The van der Waals surface area contributed by atoms with Crippen LogP contribution in [0.15, 0.2) is 84.9 Å². The van der Waals surface area contributed by atoms with E-state index >= 15 is 0 Å². The number of hydrogen-bond donors (Lipinski definition) is 0. The minimum absolute atomic E-state index is 1.13. The van der Waals surface area contributed by atoms with Crippen molar-refractivity contribution in [3.8, 4) is 0 Å². The fraction of sp³-hybridized carbons (Fsp3) is 0.222. The molecule has 0 aliphatic carbocycles. The predicted octanol–water partition coefficient (Wildman–Crippen LogP) is 7.93. The lowest BCUT2D eigenvalue weighted by Gasteiger charge is -2.21. The topological polar surface area (TPSA) is 0 Å². The summed E-state index contributed by atoms with van der Waals surface area (Å²) in [4.78, 5) is 0. The van der Waals surface area contributed by atoms with Gasteiger partial charge < -0.3 is 0 Å². The third kappa shape index (κ3) is 3.76. The highest BCUT2D eigenvalue weighted by atomic mass is 14.2. The molecular formula is C27H27. The van der Waals surface area contributed by atoms with Crippen LogP contribution in [0.1, 0.15) is 50.2 Å². The summed E-state index contributed by atoms with van der Waals surface area (Å²) in [5.41, 5.74) is 2.78. The summed E-state index contributed by atoms with van der Waals surface area (Å²) in [5, 5.41) is 5.36. The van der Waals surface area contributed by atoms with E-state index in [2.05, 4.69) is 91.9 Å². The smallest absolute Gasteiger partial charge is 0.0352 e. The Labute approximate surface area is 162 Å². The van der Waals surface area contributed by atoms with Crippen molar-refractivity contribution in [3.63, 3.8) is 0 Å². The first-order valence-corrected chi connectivity index (χ1v) is 10.2. The summed E-state index contributed by atoms with van der Waals surface area (Å²) in [5.74, 6) is 1.49. The maximum Gasteiger partial charge on any atom is 0.0352 e. The van der Waals surface area contributed by atoms with Gasteiger partial charge >= 0.3 is 0 Å². The second kappa shape index (κ2) is 8.39. The van der Waals surface area contributed by atoms with Crippen LogP contribution in [0.5, 0.6) is 0 Å². The lowest BCUT2D eigenvalue weighted by Crippen LogP contribution is -2.04. The predicted molar refractivity (Wildman–Crippen MR) is 118 cm³/mol. The van der Waals surface area contributed by atoms with Crippen LogP contribution >= 0.6 is 0 Å². The molecule has 4 rings (SSSR count). The molecule has 0 spiro atoms. The third-order valence-corrected chi connectivity index (χ3v) is 5.51. The molecule has 0 atom stereocenters. The summed E-state index contributed by atoms with van der Waals surface area (Å²) in [6.45, 7) is 2.28. The molecule has 0 fully saturated rings. The van der Waals surface area contributed by atoms with Gasteiger partial charge in [-0.1, -0.05) is 118 Å². The zero-order valence-corrected chi connectivity index (χ0v) is 16.1. The Morgan fingerprint density at radius 3 is 1.63 bits per heavy atom. The minimum Gasteiger partial charge on any atom is -0.0654 e. The molecular weight excluding hydrogens is 324 g/mol. The van der Waals surface area contributed by atoms with Gasteiger partial charge in [0.1, 0.15) is 0 Å². The highest BCUT2D eigenvalue weighted by Crippen LogP contribution is 2.37. The van der Waals surface area contributed by atoms with Crippen molar-refractivity contribution in [2.45, 2.75) is 39.0 Å². The molecule has 0 heteroatoms. The standard InChI is InChI=1S/C27H27/c1-2-3-4-5-18-27(25-19-10-14-21-12-6-8-16-23(21)25)26-20-11-15-22-13-7-9-17-24(22)26/h6-17,19-20H,2-5,18H2,1H3. The van der Waals surface area contributed by atoms with Crippen molar-refractivity contribution in [1.82, 2.24) is 0 Å². The van der Waals surface area contributed by atoms with E-state index in [1.165, 1.54) is 64.3 Å². The minimum atomic E-state index is 1.13. The van der Waals surface area contributed by atoms with Gasteiger partial charge in [0.15, 0.2) is 0 Å². The van der Waals surface area contributed by atoms with Gasteiger partial charge in [-0.3, -0.25) is 0 Å². The van der Waals surface area contributed by atoms with E-state index in [9.17, 15) is 0 Å². The van der Waals surface area contributed by atoms with Crippen LogP contribution in [-0.2, 0) is 0 Å². The Bertz CT molecular complexity index is 938. The number of fused-ring (bicyclic) bond motifs is 2. The fourth-order valence-corrected chi connectivity index (χ4v) is 4.12. The highest BCUT2D eigenvalue weighted by Gasteiger charge is 2.19. The zero-order chi connectivity index (χ0) is 18.5. The molecule has 27 heavy (non-hydrogen) atoms. The average molecular weight is 352 g/mol. The monoisotopic (exact) mass is 351 g/mol. The van der Waals surface area contributed by atoms with Crippen LogP contribution in [0.4, 0.5) is 0 Å². The maximum absolute atomic E-state index is 2.30.